The van der Waals surface area contributed by atoms with Gasteiger partial charge in [-0.2, -0.15) is 8.42 Å². The zero-order chi connectivity index (χ0) is 13.4. The molecule has 1 heterocycles. The van der Waals surface area contributed by atoms with Crippen molar-refractivity contribution >= 4 is 26.9 Å². The quantitative estimate of drug-likeness (QED) is 0.644. The van der Waals surface area contributed by atoms with Crippen LogP contribution in [-0.2, 0) is 14.4 Å². The lowest BCUT2D eigenvalue weighted by Gasteiger charge is -2.14. The lowest BCUT2D eigenvalue weighted by atomic mass is 10.1. The Hall–Kier alpha value is -0.490. The Bertz CT molecular complexity index is 402. The Morgan fingerprint density at radius 1 is 1.39 bits per heavy atom. The Morgan fingerprint density at radius 3 is 2.72 bits per heavy atom. The molecule has 0 bridgehead atoms. The predicted octanol–water partition coefficient (Wildman–Crippen LogP) is 3.31. The summed E-state index contributed by atoms with van der Waals surface area (Å²) >= 11 is 1.48. The van der Waals surface area contributed by atoms with Crippen LogP contribution in [0.5, 0.6) is 0 Å². The van der Waals surface area contributed by atoms with Gasteiger partial charge in [0, 0.05) is 5.75 Å². The Labute approximate surface area is 114 Å². The van der Waals surface area contributed by atoms with Crippen molar-refractivity contribution in [1.29, 1.82) is 0 Å². The molecule has 1 aliphatic heterocycles. The van der Waals surface area contributed by atoms with Gasteiger partial charge in [0.15, 0.2) is 0 Å². The first kappa shape index (κ1) is 15.6. The summed E-state index contributed by atoms with van der Waals surface area (Å²) in [6, 6.07) is 0. The van der Waals surface area contributed by atoms with Crippen LogP contribution in [0.25, 0.3) is 0 Å². The highest BCUT2D eigenvalue weighted by atomic mass is 32.2. The summed E-state index contributed by atoms with van der Waals surface area (Å²) in [6.45, 7) is 4.03. The van der Waals surface area contributed by atoms with Crippen molar-refractivity contribution in [3.8, 4) is 0 Å². The van der Waals surface area contributed by atoms with Crippen LogP contribution < -0.4 is 0 Å². The van der Waals surface area contributed by atoms with Crippen LogP contribution in [0.15, 0.2) is 17.3 Å². The van der Waals surface area contributed by atoms with E-state index in [4.69, 9.17) is 4.28 Å². The zero-order valence-corrected chi connectivity index (χ0v) is 12.6. The van der Waals surface area contributed by atoms with Gasteiger partial charge in [0.05, 0.1) is 5.25 Å². The molecule has 1 rings (SSSR count). The summed E-state index contributed by atoms with van der Waals surface area (Å²) in [5, 5.41) is 3.91. The summed E-state index contributed by atoms with van der Waals surface area (Å²) in [6.07, 6.45) is 7.72. The number of hydrogen-bond acceptors (Lipinski definition) is 5. The van der Waals surface area contributed by atoms with Crippen molar-refractivity contribution < 1.29 is 12.7 Å². The first-order valence-electron chi connectivity index (χ1n) is 6.40. The topological polar surface area (TPSA) is 55.7 Å². The Morgan fingerprint density at radius 2 is 2.17 bits per heavy atom. The molecule has 0 N–H and O–H groups in total. The van der Waals surface area contributed by atoms with Gasteiger partial charge in [0.2, 0.25) is 0 Å². The minimum Gasteiger partial charge on any atom is -0.267 e. The van der Waals surface area contributed by atoms with Gasteiger partial charge in [0.25, 0.3) is 0 Å². The number of nitrogens with zero attached hydrogens (tertiary/aromatic N) is 1. The molecule has 1 atom stereocenters. The van der Waals surface area contributed by atoms with Gasteiger partial charge < -0.3 is 0 Å². The second-order valence-electron chi connectivity index (χ2n) is 4.26. The fourth-order valence-corrected chi connectivity index (χ4v) is 3.70. The second kappa shape index (κ2) is 7.84. The number of rotatable bonds is 8. The van der Waals surface area contributed by atoms with E-state index in [0.29, 0.717) is 17.9 Å². The summed E-state index contributed by atoms with van der Waals surface area (Å²) < 4.78 is 28.9. The molecule has 0 aromatic rings. The SMILES string of the molecule is CCCCC(CCC)S(=O)(=O)O/N=C1\C=CCS1. The fraction of sp³-hybridized carbons (Fsp3) is 0.750. The maximum atomic E-state index is 12.0. The van der Waals surface area contributed by atoms with Crippen molar-refractivity contribution in [3.63, 3.8) is 0 Å². The van der Waals surface area contributed by atoms with Crippen molar-refractivity contribution in [2.45, 2.75) is 51.2 Å². The molecule has 0 aromatic carbocycles. The Kier molecular flexibility index (Phi) is 6.78. The van der Waals surface area contributed by atoms with Gasteiger partial charge in [-0.25, -0.2) is 0 Å². The lowest BCUT2D eigenvalue weighted by Crippen LogP contribution is -2.22. The van der Waals surface area contributed by atoms with E-state index in [9.17, 15) is 8.42 Å². The first-order chi connectivity index (χ1) is 8.60. The van der Waals surface area contributed by atoms with Crippen LogP contribution >= 0.6 is 11.8 Å². The van der Waals surface area contributed by atoms with Crippen LogP contribution in [0.1, 0.15) is 46.0 Å². The average molecular weight is 291 g/mol. The molecule has 0 radical (unpaired) electrons. The van der Waals surface area contributed by atoms with Crippen LogP contribution in [0.4, 0.5) is 0 Å². The van der Waals surface area contributed by atoms with Crippen molar-refractivity contribution in [1.82, 2.24) is 0 Å². The molecule has 104 valence electrons. The zero-order valence-electron chi connectivity index (χ0n) is 11.0. The Balaban J connectivity index is 2.62. The smallest absolute Gasteiger partial charge is 0.267 e. The summed E-state index contributed by atoms with van der Waals surface area (Å²) in [5.74, 6) is 0.830. The maximum absolute atomic E-state index is 12.0. The molecular weight excluding hydrogens is 270 g/mol. The van der Waals surface area contributed by atoms with Crippen LogP contribution in [-0.4, -0.2) is 24.5 Å². The minimum absolute atomic E-state index is 0.429. The van der Waals surface area contributed by atoms with Crippen molar-refractivity contribution in [3.05, 3.63) is 12.2 Å². The normalized spacial score (nSPS) is 19.3. The van der Waals surface area contributed by atoms with E-state index in [0.717, 1.165) is 25.0 Å². The molecule has 0 amide bonds. The standard InChI is InChI=1S/C12H21NO3S2/c1-3-5-8-11(7-4-2)18(14,15)16-13-12-9-6-10-17-12/h6,9,11H,3-5,7-8,10H2,1-2H3/b13-12+. The first-order valence-corrected chi connectivity index (χ1v) is 8.85. The van der Waals surface area contributed by atoms with Gasteiger partial charge in [-0.05, 0) is 18.9 Å². The number of hydrogen-bond donors (Lipinski definition) is 0. The molecule has 6 heteroatoms. The summed E-state index contributed by atoms with van der Waals surface area (Å²) in [7, 11) is -3.58. The molecule has 0 aromatic heterocycles. The van der Waals surface area contributed by atoms with Crippen LogP contribution in [0, 0.1) is 0 Å². The number of oxime groups is 1. The minimum atomic E-state index is -3.58. The molecule has 18 heavy (non-hydrogen) atoms. The third-order valence-corrected chi connectivity index (χ3v) is 5.15. The molecule has 1 unspecified atom stereocenters. The van der Waals surface area contributed by atoms with Gasteiger partial charge in [0.1, 0.15) is 5.04 Å². The van der Waals surface area contributed by atoms with Gasteiger partial charge in [-0.3, -0.25) is 4.28 Å². The highest BCUT2D eigenvalue weighted by Crippen LogP contribution is 2.20. The molecule has 1 aliphatic rings. The van der Waals surface area contributed by atoms with Gasteiger partial charge in [-0.1, -0.05) is 56.1 Å². The average Bonchev–Trinajstić information content (AvgIpc) is 2.85. The van der Waals surface area contributed by atoms with E-state index < -0.39 is 15.4 Å². The van der Waals surface area contributed by atoms with E-state index in [1.807, 2.05) is 13.0 Å². The molecule has 4 nitrogen and oxygen atoms in total. The number of unbranched alkanes of at least 4 members (excludes halogenated alkanes) is 1. The largest absolute Gasteiger partial charge is 0.331 e. The molecule has 0 spiro atoms. The lowest BCUT2D eigenvalue weighted by molar-refractivity contribution is 0.328. The summed E-state index contributed by atoms with van der Waals surface area (Å²) in [4.78, 5) is 0. The highest BCUT2D eigenvalue weighted by Gasteiger charge is 2.26. The van der Waals surface area contributed by atoms with Crippen LogP contribution in [0.2, 0.25) is 0 Å². The maximum Gasteiger partial charge on any atom is 0.331 e. The number of thioether (sulfide) groups is 1. The fourth-order valence-electron chi connectivity index (χ4n) is 1.72. The highest BCUT2D eigenvalue weighted by molar-refractivity contribution is 8.14. The van der Waals surface area contributed by atoms with E-state index in [-0.39, 0.29) is 0 Å². The summed E-state index contributed by atoms with van der Waals surface area (Å²) in [5.41, 5.74) is 0. The van der Waals surface area contributed by atoms with Crippen molar-refractivity contribution in [2.75, 3.05) is 5.75 Å². The van der Waals surface area contributed by atoms with Crippen LogP contribution in [0.3, 0.4) is 0 Å². The molecular formula is C12H21NO3S2. The van der Waals surface area contributed by atoms with E-state index in [2.05, 4.69) is 12.1 Å². The predicted molar refractivity (Wildman–Crippen MR) is 77.3 cm³/mol. The molecule has 0 saturated carbocycles. The molecule has 0 aliphatic carbocycles. The van der Waals surface area contributed by atoms with E-state index in [1.165, 1.54) is 11.8 Å². The molecule has 0 saturated heterocycles. The third-order valence-electron chi connectivity index (χ3n) is 2.72. The van der Waals surface area contributed by atoms with Crippen molar-refractivity contribution in [2.24, 2.45) is 5.16 Å². The van der Waals surface area contributed by atoms with Gasteiger partial charge >= 0.3 is 10.1 Å². The molecule has 0 fully saturated rings. The van der Waals surface area contributed by atoms with Gasteiger partial charge in [-0.15, -0.1) is 0 Å². The second-order valence-corrected chi connectivity index (χ2v) is 7.10. The monoisotopic (exact) mass is 291 g/mol. The third kappa shape index (κ3) is 5.02. The van der Waals surface area contributed by atoms with E-state index in [1.54, 1.807) is 6.08 Å². The van der Waals surface area contributed by atoms with E-state index >= 15 is 0 Å².